The zero-order chi connectivity index (χ0) is 35.0. The van der Waals surface area contributed by atoms with Crippen LogP contribution >= 0.6 is 0 Å². The first-order valence-corrected chi connectivity index (χ1v) is 20.2. The molecular formula is C44H77NO3. The van der Waals surface area contributed by atoms with Crippen LogP contribution in [0.4, 0.5) is 0 Å². The molecule has 2 unspecified atom stereocenters. The Kier molecular flexibility index (Phi) is 37.5. The molecule has 0 bridgehead atoms. The number of aliphatic hydroxyl groups is 2. The van der Waals surface area contributed by atoms with E-state index in [-0.39, 0.29) is 12.5 Å². The highest BCUT2D eigenvalue weighted by molar-refractivity contribution is 5.76. The van der Waals surface area contributed by atoms with Crippen molar-refractivity contribution in [3.63, 3.8) is 0 Å². The van der Waals surface area contributed by atoms with E-state index in [4.69, 9.17) is 0 Å². The summed E-state index contributed by atoms with van der Waals surface area (Å²) in [5.74, 6) is -0.0752. The van der Waals surface area contributed by atoms with Crippen LogP contribution in [0, 0.1) is 0 Å². The van der Waals surface area contributed by atoms with Crippen LogP contribution in [-0.4, -0.2) is 34.9 Å². The summed E-state index contributed by atoms with van der Waals surface area (Å²) >= 11 is 0. The summed E-state index contributed by atoms with van der Waals surface area (Å²) in [6.07, 6.45) is 56.1. The normalized spacial score (nSPS) is 13.8. The Morgan fingerprint density at radius 3 is 1.38 bits per heavy atom. The highest BCUT2D eigenvalue weighted by Gasteiger charge is 2.17. The minimum atomic E-state index is -0.836. The van der Waals surface area contributed by atoms with Crippen molar-refractivity contribution in [2.75, 3.05) is 6.61 Å². The van der Waals surface area contributed by atoms with Gasteiger partial charge in [-0.25, -0.2) is 0 Å². The maximum Gasteiger partial charge on any atom is 0.220 e. The molecule has 0 aromatic carbocycles. The van der Waals surface area contributed by atoms with Gasteiger partial charge in [0.25, 0.3) is 0 Å². The van der Waals surface area contributed by atoms with Crippen molar-refractivity contribution in [2.45, 2.75) is 193 Å². The van der Waals surface area contributed by atoms with Gasteiger partial charge in [-0.15, -0.1) is 0 Å². The first-order valence-electron chi connectivity index (χ1n) is 20.2. The molecule has 0 aliphatic heterocycles. The molecule has 3 N–H and O–H groups in total. The van der Waals surface area contributed by atoms with Crippen LogP contribution in [0.15, 0.2) is 72.9 Å². The van der Waals surface area contributed by atoms with Crippen molar-refractivity contribution in [1.82, 2.24) is 5.32 Å². The fraction of sp³-hybridized carbons (Fsp3) is 0.705. The van der Waals surface area contributed by atoms with Crippen LogP contribution in [0.5, 0.6) is 0 Å². The number of amides is 1. The van der Waals surface area contributed by atoms with E-state index in [2.05, 4.69) is 79.9 Å². The summed E-state index contributed by atoms with van der Waals surface area (Å²) in [5, 5.41) is 22.6. The van der Waals surface area contributed by atoms with Gasteiger partial charge in [0.05, 0.1) is 18.8 Å². The fourth-order valence-electron chi connectivity index (χ4n) is 5.61. The second-order valence-electron chi connectivity index (χ2n) is 13.3. The molecule has 0 saturated carbocycles. The minimum Gasteiger partial charge on any atom is -0.394 e. The van der Waals surface area contributed by atoms with E-state index in [1.807, 2.05) is 6.08 Å². The van der Waals surface area contributed by atoms with Crippen molar-refractivity contribution in [3.8, 4) is 0 Å². The predicted octanol–water partition coefficient (Wildman–Crippen LogP) is 12.3. The SMILES string of the molecule is CC/C=C\C/C=C\C/C=C\C/C=C\C/C=C\CCCCCCCCCCCCCCCCCC(=O)NC(CO)C(O)/C=C/CCCCC. The number of unbranched alkanes of at least 4 members (excludes halogenated alkanes) is 18. The lowest BCUT2D eigenvalue weighted by atomic mass is 10.0. The smallest absolute Gasteiger partial charge is 0.220 e. The van der Waals surface area contributed by atoms with Crippen LogP contribution < -0.4 is 5.32 Å². The summed E-state index contributed by atoms with van der Waals surface area (Å²) < 4.78 is 0. The first kappa shape index (κ1) is 45.8. The molecule has 0 rings (SSSR count). The minimum absolute atomic E-state index is 0.0752. The Hall–Kier alpha value is -2.17. The van der Waals surface area contributed by atoms with E-state index >= 15 is 0 Å². The molecular weight excluding hydrogens is 590 g/mol. The van der Waals surface area contributed by atoms with Crippen LogP contribution in [0.3, 0.4) is 0 Å². The lowest BCUT2D eigenvalue weighted by molar-refractivity contribution is -0.123. The van der Waals surface area contributed by atoms with Gasteiger partial charge in [-0.05, 0) is 64.2 Å². The third-order valence-electron chi connectivity index (χ3n) is 8.70. The molecule has 0 aromatic heterocycles. The Bertz CT molecular complexity index is 853. The number of hydrogen-bond acceptors (Lipinski definition) is 3. The molecule has 0 radical (unpaired) electrons. The predicted molar refractivity (Wildman–Crippen MR) is 211 cm³/mol. The van der Waals surface area contributed by atoms with Gasteiger partial charge in [-0.2, -0.15) is 0 Å². The summed E-state index contributed by atoms with van der Waals surface area (Å²) in [6.45, 7) is 4.08. The van der Waals surface area contributed by atoms with Crippen LogP contribution in [0.2, 0.25) is 0 Å². The topological polar surface area (TPSA) is 69.6 Å². The average Bonchev–Trinajstić information content (AvgIpc) is 3.09. The fourth-order valence-corrected chi connectivity index (χ4v) is 5.61. The molecule has 276 valence electrons. The zero-order valence-electron chi connectivity index (χ0n) is 31.5. The molecule has 48 heavy (non-hydrogen) atoms. The Balaban J connectivity index is 3.45. The van der Waals surface area contributed by atoms with E-state index in [0.717, 1.165) is 57.8 Å². The van der Waals surface area contributed by atoms with Gasteiger partial charge in [-0.3, -0.25) is 4.79 Å². The largest absolute Gasteiger partial charge is 0.394 e. The molecule has 0 aromatic rings. The molecule has 4 nitrogen and oxygen atoms in total. The van der Waals surface area contributed by atoms with E-state index in [1.54, 1.807) is 6.08 Å². The van der Waals surface area contributed by atoms with Crippen LogP contribution in [0.1, 0.15) is 181 Å². The van der Waals surface area contributed by atoms with Gasteiger partial charge in [0.15, 0.2) is 0 Å². The number of nitrogens with one attached hydrogen (secondary N) is 1. The quantitative estimate of drug-likeness (QED) is 0.0465. The maximum absolute atomic E-state index is 12.2. The van der Waals surface area contributed by atoms with Crippen molar-refractivity contribution < 1.29 is 15.0 Å². The third kappa shape index (κ3) is 35.1. The van der Waals surface area contributed by atoms with Crippen molar-refractivity contribution >= 4 is 5.91 Å². The highest BCUT2D eigenvalue weighted by Crippen LogP contribution is 2.14. The van der Waals surface area contributed by atoms with E-state index < -0.39 is 12.1 Å². The summed E-state index contributed by atoms with van der Waals surface area (Å²) in [7, 11) is 0. The van der Waals surface area contributed by atoms with Crippen molar-refractivity contribution in [3.05, 3.63) is 72.9 Å². The molecule has 2 atom stereocenters. The Labute approximate surface area is 298 Å². The Morgan fingerprint density at radius 2 is 0.917 bits per heavy atom. The zero-order valence-corrected chi connectivity index (χ0v) is 31.5. The summed E-state index contributed by atoms with van der Waals surface area (Å²) in [6, 6.07) is -0.620. The molecule has 0 aliphatic rings. The Morgan fingerprint density at radius 1 is 0.521 bits per heavy atom. The number of rotatable bonds is 35. The number of carbonyl (C=O) groups is 1. The summed E-state index contributed by atoms with van der Waals surface area (Å²) in [5.41, 5.74) is 0. The molecule has 0 saturated heterocycles. The molecule has 0 heterocycles. The average molecular weight is 668 g/mol. The highest BCUT2D eigenvalue weighted by atomic mass is 16.3. The number of allylic oxidation sites excluding steroid dienone is 11. The van der Waals surface area contributed by atoms with Crippen molar-refractivity contribution in [1.29, 1.82) is 0 Å². The number of carbonyl (C=O) groups excluding carboxylic acids is 1. The standard InChI is InChI=1S/C44H77NO3/c1-3-5-7-9-10-11-12-13-14-15-16-17-18-19-20-21-22-23-24-25-26-27-28-29-30-31-32-33-34-36-38-40-44(48)45-42(41-46)43(47)39-37-35-8-6-4-2/h5,7,10-11,13-14,16-17,19-20,37,39,42-43,46-47H,3-4,6,8-9,12,15,18,21-36,38,40-41H2,1-2H3,(H,45,48)/b7-5-,11-10-,14-13-,17-16-,20-19-,39-37+. The number of hydrogen-bond donors (Lipinski definition) is 3. The molecule has 0 aliphatic carbocycles. The molecule has 0 fully saturated rings. The van der Waals surface area contributed by atoms with Crippen molar-refractivity contribution in [2.24, 2.45) is 0 Å². The van der Waals surface area contributed by atoms with Gasteiger partial charge in [0.1, 0.15) is 0 Å². The van der Waals surface area contributed by atoms with Gasteiger partial charge in [0.2, 0.25) is 5.91 Å². The monoisotopic (exact) mass is 668 g/mol. The van der Waals surface area contributed by atoms with Gasteiger partial charge < -0.3 is 15.5 Å². The second-order valence-corrected chi connectivity index (χ2v) is 13.3. The van der Waals surface area contributed by atoms with E-state index in [9.17, 15) is 15.0 Å². The van der Waals surface area contributed by atoms with Gasteiger partial charge in [-0.1, -0.05) is 183 Å². The number of aliphatic hydroxyl groups excluding tert-OH is 2. The molecule has 0 spiro atoms. The first-order chi connectivity index (χ1) is 23.7. The van der Waals surface area contributed by atoms with Crippen LogP contribution in [-0.2, 0) is 4.79 Å². The lowest BCUT2D eigenvalue weighted by Crippen LogP contribution is -2.45. The van der Waals surface area contributed by atoms with Gasteiger partial charge in [0, 0.05) is 6.42 Å². The molecule has 1 amide bonds. The third-order valence-corrected chi connectivity index (χ3v) is 8.70. The van der Waals surface area contributed by atoms with E-state index in [1.165, 1.54) is 103 Å². The van der Waals surface area contributed by atoms with E-state index in [0.29, 0.717) is 6.42 Å². The lowest BCUT2D eigenvalue weighted by Gasteiger charge is -2.20. The second kappa shape index (κ2) is 39.3. The maximum atomic E-state index is 12.2. The van der Waals surface area contributed by atoms with Gasteiger partial charge >= 0.3 is 0 Å². The molecule has 4 heteroatoms. The summed E-state index contributed by atoms with van der Waals surface area (Å²) in [4.78, 5) is 12.2. The van der Waals surface area contributed by atoms with Crippen LogP contribution in [0.25, 0.3) is 0 Å².